The molecule has 98 valence electrons. The minimum absolute atomic E-state index is 0.0271. The number of allylic oxidation sites excluding steroid dienone is 2. The molecule has 3 N–H and O–H groups in total. The quantitative estimate of drug-likeness (QED) is 0.349. The van der Waals surface area contributed by atoms with Crippen molar-refractivity contribution in [1.29, 1.82) is 0 Å². The monoisotopic (exact) mass is 251 g/mol. The number of hydrogen-bond donors (Lipinski definition) is 2. The topological polar surface area (TPSA) is 74.2 Å². The van der Waals surface area contributed by atoms with Crippen molar-refractivity contribution in [3.05, 3.63) is 12.2 Å². The average Bonchev–Trinajstić information content (AvgIpc) is 3.02. The van der Waals surface area contributed by atoms with Gasteiger partial charge in [-0.2, -0.15) is 0 Å². The fourth-order valence-electron chi connectivity index (χ4n) is 3.64. The van der Waals surface area contributed by atoms with E-state index < -0.39 is 0 Å². The summed E-state index contributed by atoms with van der Waals surface area (Å²) in [6.45, 7) is 1.90. The Balaban J connectivity index is 1.65. The van der Waals surface area contributed by atoms with Crippen molar-refractivity contribution in [2.75, 3.05) is 26.2 Å². The number of rotatable bonds is 5. The molecule has 1 aliphatic heterocycles. The van der Waals surface area contributed by atoms with Gasteiger partial charge in [0, 0.05) is 0 Å². The van der Waals surface area contributed by atoms with E-state index in [1.54, 1.807) is 0 Å². The average molecular weight is 251 g/mol. The van der Waals surface area contributed by atoms with Gasteiger partial charge in [0.05, 0.1) is 38.1 Å². The molecule has 5 nitrogen and oxygen atoms in total. The molecule has 2 fully saturated rings. The molecular formula is C13H19N2O3+. The molecule has 0 aromatic heterocycles. The highest BCUT2D eigenvalue weighted by atomic mass is 16.3. The fraction of sp³-hybridized carbons (Fsp3) is 0.692. The van der Waals surface area contributed by atoms with E-state index in [2.05, 4.69) is 12.2 Å². The van der Waals surface area contributed by atoms with Gasteiger partial charge in [-0.25, -0.2) is 0 Å². The third kappa shape index (κ3) is 1.61. The van der Waals surface area contributed by atoms with Crippen LogP contribution in [0.2, 0.25) is 0 Å². The van der Waals surface area contributed by atoms with Crippen LogP contribution >= 0.6 is 0 Å². The van der Waals surface area contributed by atoms with E-state index in [4.69, 9.17) is 5.11 Å². The number of imide groups is 1. The number of nitrogens with zero attached hydrogens (tertiary/aromatic N) is 1. The zero-order valence-electron chi connectivity index (χ0n) is 10.3. The van der Waals surface area contributed by atoms with E-state index in [1.807, 2.05) is 5.32 Å². The molecular weight excluding hydrogens is 232 g/mol. The summed E-state index contributed by atoms with van der Waals surface area (Å²) in [6, 6.07) is 0. The van der Waals surface area contributed by atoms with Gasteiger partial charge in [-0.15, -0.1) is 0 Å². The van der Waals surface area contributed by atoms with E-state index in [0.717, 1.165) is 6.42 Å². The van der Waals surface area contributed by atoms with Crippen LogP contribution in [0.15, 0.2) is 12.2 Å². The van der Waals surface area contributed by atoms with Crippen molar-refractivity contribution in [2.45, 2.75) is 6.42 Å². The third-order valence-electron chi connectivity index (χ3n) is 4.45. The lowest BCUT2D eigenvalue weighted by molar-refractivity contribution is -0.655. The first-order valence-corrected chi connectivity index (χ1v) is 6.70. The van der Waals surface area contributed by atoms with Crippen molar-refractivity contribution >= 4 is 11.8 Å². The van der Waals surface area contributed by atoms with E-state index in [0.29, 0.717) is 31.5 Å². The standard InChI is InChI=1S/C13H18N2O3/c16-6-4-14-3-5-15-12(17)10-8-1-2-9(7-8)11(10)13(15)18/h1-2,8-11,14,16H,3-7H2/p+1. The van der Waals surface area contributed by atoms with Crippen molar-refractivity contribution in [3.63, 3.8) is 0 Å². The normalized spacial score (nSPS) is 36.8. The summed E-state index contributed by atoms with van der Waals surface area (Å²) < 4.78 is 0. The first-order valence-electron chi connectivity index (χ1n) is 6.70. The highest BCUT2D eigenvalue weighted by Crippen LogP contribution is 2.52. The predicted molar refractivity (Wildman–Crippen MR) is 63.2 cm³/mol. The van der Waals surface area contributed by atoms with Gasteiger partial charge in [-0.1, -0.05) is 12.2 Å². The molecule has 3 rings (SSSR count). The second-order valence-corrected chi connectivity index (χ2v) is 5.42. The minimum atomic E-state index is -0.0784. The number of aliphatic hydroxyl groups is 1. The van der Waals surface area contributed by atoms with Crippen molar-refractivity contribution in [3.8, 4) is 0 Å². The fourth-order valence-corrected chi connectivity index (χ4v) is 3.64. The molecule has 1 saturated carbocycles. The number of aliphatic hydroxyl groups excluding tert-OH is 1. The van der Waals surface area contributed by atoms with Crippen LogP contribution in [0.3, 0.4) is 0 Å². The highest BCUT2D eigenvalue weighted by Gasteiger charge is 2.59. The first kappa shape index (κ1) is 11.9. The van der Waals surface area contributed by atoms with E-state index >= 15 is 0 Å². The molecule has 0 aromatic carbocycles. The summed E-state index contributed by atoms with van der Waals surface area (Å²) in [5.74, 6) is 0.486. The maximum Gasteiger partial charge on any atom is 0.233 e. The van der Waals surface area contributed by atoms with Crippen LogP contribution in [-0.2, 0) is 9.59 Å². The number of quaternary nitrogens is 1. The molecule has 0 aromatic rings. The molecule has 0 spiro atoms. The Hall–Kier alpha value is -1.20. The third-order valence-corrected chi connectivity index (χ3v) is 4.45. The second-order valence-electron chi connectivity index (χ2n) is 5.42. The predicted octanol–water partition coefficient (Wildman–Crippen LogP) is -1.65. The molecule has 3 aliphatic rings. The second kappa shape index (κ2) is 4.48. The Kier molecular flexibility index (Phi) is 2.95. The summed E-state index contributed by atoms with van der Waals surface area (Å²) in [7, 11) is 0. The van der Waals surface area contributed by atoms with Crippen LogP contribution in [0.25, 0.3) is 0 Å². The first-order chi connectivity index (χ1) is 8.74. The molecule has 2 amide bonds. The summed E-state index contributed by atoms with van der Waals surface area (Å²) in [6.07, 6.45) is 5.20. The largest absolute Gasteiger partial charge is 0.391 e. The molecule has 4 unspecified atom stereocenters. The summed E-state index contributed by atoms with van der Waals surface area (Å²) in [5, 5.41) is 10.6. The number of carbonyl (C=O) groups excluding carboxylic acids is 2. The van der Waals surface area contributed by atoms with Gasteiger partial charge in [-0.05, 0) is 18.3 Å². The zero-order valence-corrected chi connectivity index (χ0v) is 10.3. The number of nitrogens with two attached hydrogens (primary N) is 1. The van der Waals surface area contributed by atoms with Crippen LogP contribution in [0, 0.1) is 23.7 Å². The Morgan fingerprint density at radius 3 is 2.33 bits per heavy atom. The Labute approximate surface area is 106 Å². The smallest absolute Gasteiger partial charge is 0.233 e. The zero-order chi connectivity index (χ0) is 12.7. The van der Waals surface area contributed by atoms with Crippen LogP contribution in [0.5, 0.6) is 0 Å². The number of likely N-dealkylation sites (tertiary alicyclic amines) is 1. The van der Waals surface area contributed by atoms with Crippen LogP contribution in [0.4, 0.5) is 0 Å². The van der Waals surface area contributed by atoms with Gasteiger partial charge < -0.3 is 10.4 Å². The Morgan fingerprint density at radius 1 is 1.17 bits per heavy atom. The maximum atomic E-state index is 12.3. The molecule has 2 aliphatic carbocycles. The van der Waals surface area contributed by atoms with Crippen molar-refractivity contribution in [2.24, 2.45) is 23.7 Å². The van der Waals surface area contributed by atoms with Gasteiger partial charge in [0.1, 0.15) is 0 Å². The van der Waals surface area contributed by atoms with Crippen molar-refractivity contribution < 1.29 is 20.0 Å². The molecule has 2 bridgehead atoms. The highest BCUT2D eigenvalue weighted by molar-refractivity contribution is 6.06. The van der Waals surface area contributed by atoms with Crippen LogP contribution in [-0.4, -0.2) is 48.1 Å². The lowest BCUT2D eigenvalue weighted by Crippen LogP contribution is -2.86. The molecule has 18 heavy (non-hydrogen) atoms. The van der Waals surface area contributed by atoms with Crippen LogP contribution in [0.1, 0.15) is 6.42 Å². The summed E-state index contributed by atoms with van der Waals surface area (Å²) >= 11 is 0. The van der Waals surface area contributed by atoms with Gasteiger partial charge in [0.15, 0.2) is 0 Å². The number of hydrogen-bond acceptors (Lipinski definition) is 3. The minimum Gasteiger partial charge on any atom is -0.391 e. The van der Waals surface area contributed by atoms with Gasteiger partial charge in [0.25, 0.3) is 0 Å². The Morgan fingerprint density at radius 2 is 1.78 bits per heavy atom. The summed E-state index contributed by atoms with van der Waals surface area (Å²) in [4.78, 5) is 26.0. The molecule has 4 atom stereocenters. The molecule has 0 radical (unpaired) electrons. The van der Waals surface area contributed by atoms with E-state index in [9.17, 15) is 9.59 Å². The lowest BCUT2D eigenvalue weighted by Gasteiger charge is -2.15. The molecule has 1 heterocycles. The van der Waals surface area contributed by atoms with Crippen molar-refractivity contribution in [1.82, 2.24) is 4.90 Å². The molecule has 1 saturated heterocycles. The van der Waals surface area contributed by atoms with Gasteiger partial charge in [0.2, 0.25) is 11.8 Å². The van der Waals surface area contributed by atoms with Crippen LogP contribution < -0.4 is 5.32 Å². The van der Waals surface area contributed by atoms with E-state index in [1.165, 1.54) is 4.90 Å². The SMILES string of the molecule is O=C1C2C3C=CC(C3)C2C(=O)N1CC[NH2+]CCO. The number of fused-ring (bicyclic) bond motifs is 5. The lowest BCUT2D eigenvalue weighted by atomic mass is 9.85. The van der Waals surface area contributed by atoms with E-state index in [-0.39, 0.29) is 30.3 Å². The number of amides is 2. The summed E-state index contributed by atoms with van der Waals surface area (Å²) in [5.41, 5.74) is 0. The molecule has 5 heteroatoms. The Bertz CT molecular complexity index is 377. The maximum absolute atomic E-state index is 12.3. The number of carbonyl (C=O) groups is 2. The van der Waals surface area contributed by atoms with Gasteiger partial charge >= 0.3 is 0 Å². The van der Waals surface area contributed by atoms with Gasteiger partial charge in [-0.3, -0.25) is 14.5 Å².